The fourth-order valence-corrected chi connectivity index (χ4v) is 3.40. The van der Waals surface area contributed by atoms with Crippen LogP contribution in [0.25, 0.3) is 0 Å². The lowest BCUT2D eigenvalue weighted by atomic mass is 10.1. The first-order valence-corrected chi connectivity index (χ1v) is 8.47. The van der Waals surface area contributed by atoms with E-state index in [2.05, 4.69) is 5.32 Å². The molecule has 2 aromatic carbocycles. The molecule has 2 amide bonds. The molecule has 3 rings (SSSR count). The average molecular weight is 355 g/mol. The number of carbonyl (C=O) groups excluding carboxylic acids is 3. The molecule has 128 valence electrons. The van der Waals surface area contributed by atoms with Gasteiger partial charge in [0.25, 0.3) is 11.1 Å². The van der Waals surface area contributed by atoms with Crippen molar-refractivity contribution in [1.29, 1.82) is 0 Å². The molecule has 1 atom stereocenters. The highest BCUT2D eigenvalue weighted by molar-refractivity contribution is 8.15. The fourth-order valence-electron chi connectivity index (χ4n) is 2.50. The summed E-state index contributed by atoms with van der Waals surface area (Å²) in [5.41, 5.74) is 2.55. The number of imide groups is 1. The Morgan fingerprint density at radius 1 is 1.20 bits per heavy atom. The second-order valence-electron chi connectivity index (χ2n) is 5.69. The van der Waals surface area contributed by atoms with Crippen molar-refractivity contribution in [2.75, 3.05) is 5.32 Å². The van der Waals surface area contributed by atoms with Crippen molar-refractivity contribution in [3.05, 3.63) is 65.2 Å². The third-order valence-corrected chi connectivity index (χ3v) is 4.75. The van der Waals surface area contributed by atoms with Crippen molar-refractivity contribution in [1.82, 2.24) is 4.90 Å². The Morgan fingerprint density at radius 2 is 1.92 bits per heavy atom. The highest BCUT2D eigenvalue weighted by Gasteiger charge is 2.39. The normalized spacial score (nSPS) is 17.0. The number of benzene rings is 2. The van der Waals surface area contributed by atoms with Crippen LogP contribution >= 0.6 is 11.8 Å². The van der Waals surface area contributed by atoms with Gasteiger partial charge in [-0.25, -0.2) is 0 Å². The number of anilines is 1. The lowest BCUT2D eigenvalue weighted by molar-refractivity contribution is -0.255. The van der Waals surface area contributed by atoms with Crippen molar-refractivity contribution in [3.8, 4) is 0 Å². The van der Waals surface area contributed by atoms with E-state index in [1.165, 1.54) is 12.1 Å². The Labute approximate surface area is 148 Å². The number of aromatic carboxylic acids is 1. The van der Waals surface area contributed by atoms with Gasteiger partial charge in [0.15, 0.2) is 5.37 Å². The van der Waals surface area contributed by atoms with Gasteiger partial charge < -0.3 is 15.2 Å². The summed E-state index contributed by atoms with van der Waals surface area (Å²) in [4.78, 5) is 36.6. The molecule has 1 aliphatic rings. The van der Waals surface area contributed by atoms with Crippen molar-refractivity contribution >= 4 is 34.6 Å². The third kappa shape index (κ3) is 3.83. The third-order valence-electron chi connectivity index (χ3n) is 3.78. The van der Waals surface area contributed by atoms with Crippen LogP contribution < -0.4 is 10.4 Å². The summed E-state index contributed by atoms with van der Waals surface area (Å²) >= 11 is 0.932. The lowest BCUT2D eigenvalue weighted by Gasteiger charge is -2.15. The summed E-state index contributed by atoms with van der Waals surface area (Å²) in [6.07, 6.45) is 0. The van der Waals surface area contributed by atoms with Crippen LogP contribution in [0, 0.1) is 6.92 Å². The monoisotopic (exact) mass is 355 g/mol. The zero-order valence-corrected chi connectivity index (χ0v) is 14.2. The standard InChI is InChI=1S/C18H16N2O4S/c1-11-3-2-4-14(9-11)19-15-16(21)20(18(24)25-15)10-12-5-7-13(8-6-12)17(22)23/h2-9,15,19H,10H2,1H3,(H,22,23)/p-1/t15-/m0/s1. The van der Waals surface area contributed by atoms with E-state index < -0.39 is 11.3 Å². The van der Waals surface area contributed by atoms with Crippen molar-refractivity contribution in [2.24, 2.45) is 0 Å². The van der Waals surface area contributed by atoms with Crippen LogP contribution in [0.3, 0.4) is 0 Å². The minimum Gasteiger partial charge on any atom is -0.545 e. The second-order valence-corrected chi connectivity index (χ2v) is 6.74. The summed E-state index contributed by atoms with van der Waals surface area (Å²) in [7, 11) is 0. The number of carbonyl (C=O) groups is 3. The molecule has 1 heterocycles. The van der Waals surface area contributed by atoms with E-state index in [4.69, 9.17) is 0 Å². The maximum absolute atomic E-state index is 12.5. The first kappa shape index (κ1) is 17.0. The van der Waals surface area contributed by atoms with Crippen LogP contribution in [0.4, 0.5) is 10.5 Å². The number of hydrogen-bond donors (Lipinski definition) is 1. The highest BCUT2D eigenvalue weighted by atomic mass is 32.2. The van der Waals surface area contributed by atoms with Crippen LogP contribution in [0.15, 0.2) is 48.5 Å². The van der Waals surface area contributed by atoms with Gasteiger partial charge in [0.1, 0.15) is 0 Å². The molecule has 7 heteroatoms. The summed E-state index contributed by atoms with van der Waals surface area (Å²) in [6.45, 7) is 2.05. The second kappa shape index (κ2) is 6.98. The molecule has 2 aromatic rings. The van der Waals surface area contributed by atoms with Crippen LogP contribution in [0.2, 0.25) is 0 Å². The van der Waals surface area contributed by atoms with E-state index in [1.807, 2.05) is 31.2 Å². The Bertz CT molecular complexity index is 835. The molecule has 0 radical (unpaired) electrons. The number of carboxylic acids is 1. The summed E-state index contributed by atoms with van der Waals surface area (Å²) in [6, 6.07) is 13.5. The lowest BCUT2D eigenvalue weighted by Crippen LogP contribution is -2.34. The Balaban J connectivity index is 1.69. The number of carboxylic acid groups (broad SMARTS) is 1. The molecule has 0 saturated carbocycles. The number of amides is 2. The van der Waals surface area contributed by atoms with E-state index in [0.29, 0.717) is 5.56 Å². The molecule has 1 aliphatic heterocycles. The molecule has 0 bridgehead atoms. The van der Waals surface area contributed by atoms with E-state index in [9.17, 15) is 19.5 Å². The summed E-state index contributed by atoms with van der Waals surface area (Å²) in [5.74, 6) is -1.58. The molecule has 6 nitrogen and oxygen atoms in total. The highest BCUT2D eigenvalue weighted by Crippen LogP contribution is 2.29. The Hall–Kier alpha value is -2.80. The summed E-state index contributed by atoms with van der Waals surface area (Å²) < 4.78 is 0. The first-order valence-electron chi connectivity index (χ1n) is 7.59. The largest absolute Gasteiger partial charge is 0.545 e. The number of nitrogens with one attached hydrogen (secondary N) is 1. The van der Waals surface area contributed by atoms with E-state index >= 15 is 0 Å². The fraction of sp³-hybridized carbons (Fsp3) is 0.167. The number of hydrogen-bond acceptors (Lipinski definition) is 6. The van der Waals surface area contributed by atoms with Crippen LogP contribution in [0.1, 0.15) is 21.5 Å². The predicted octanol–water partition coefficient (Wildman–Crippen LogP) is 1.99. The van der Waals surface area contributed by atoms with Gasteiger partial charge in [-0.2, -0.15) is 0 Å². The number of aryl methyl sites for hydroxylation is 1. The quantitative estimate of drug-likeness (QED) is 0.882. The molecular formula is C18H15N2O4S-. The van der Waals surface area contributed by atoms with Crippen molar-refractivity contribution in [2.45, 2.75) is 18.8 Å². The van der Waals surface area contributed by atoms with Crippen LogP contribution in [-0.4, -0.2) is 27.4 Å². The Kier molecular flexibility index (Phi) is 4.76. The van der Waals surface area contributed by atoms with Gasteiger partial charge in [-0.15, -0.1) is 0 Å². The van der Waals surface area contributed by atoms with Crippen molar-refractivity contribution < 1.29 is 19.5 Å². The molecule has 1 saturated heterocycles. The van der Waals surface area contributed by atoms with Gasteiger partial charge in [0, 0.05) is 5.69 Å². The molecule has 0 aromatic heterocycles. The maximum atomic E-state index is 12.5. The predicted molar refractivity (Wildman–Crippen MR) is 92.9 cm³/mol. The van der Waals surface area contributed by atoms with E-state index in [0.717, 1.165) is 27.9 Å². The minimum atomic E-state index is -1.27. The van der Waals surface area contributed by atoms with Gasteiger partial charge in [-0.3, -0.25) is 14.5 Å². The van der Waals surface area contributed by atoms with E-state index in [-0.39, 0.29) is 23.3 Å². The molecule has 0 unspecified atom stereocenters. The van der Waals surface area contributed by atoms with Gasteiger partial charge >= 0.3 is 0 Å². The summed E-state index contributed by atoms with van der Waals surface area (Å²) in [5, 5.41) is 12.8. The SMILES string of the molecule is Cc1cccc(N[C@H]2SC(=O)N(Cc3ccc(C(=O)[O-])cc3)C2=O)c1. The van der Waals surface area contributed by atoms with Gasteiger partial charge in [0.05, 0.1) is 12.5 Å². The molecule has 0 aliphatic carbocycles. The maximum Gasteiger partial charge on any atom is 0.291 e. The number of rotatable bonds is 5. The van der Waals surface area contributed by atoms with Gasteiger partial charge in [-0.1, -0.05) is 36.4 Å². The zero-order valence-electron chi connectivity index (χ0n) is 13.4. The minimum absolute atomic E-state index is 0.0520. The number of thioether (sulfide) groups is 1. The van der Waals surface area contributed by atoms with E-state index in [1.54, 1.807) is 12.1 Å². The smallest absolute Gasteiger partial charge is 0.291 e. The number of nitrogens with zero attached hydrogens (tertiary/aromatic N) is 1. The van der Waals surface area contributed by atoms with Crippen LogP contribution in [-0.2, 0) is 11.3 Å². The van der Waals surface area contributed by atoms with Crippen LogP contribution in [0.5, 0.6) is 0 Å². The zero-order chi connectivity index (χ0) is 18.0. The molecular weight excluding hydrogens is 340 g/mol. The van der Waals surface area contributed by atoms with Gasteiger partial charge in [0.2, 0.25) is 0 Å². The Morgan fingerprint density at radius 3 is 2.56 bits per heavy atom. The first-order chi connectivity index (χ1) is 11.9. The molecule has 0 spiro atoms. The average Bonchev–Trinajstić information content (AvgIpc) is 2.83. The molecule has 25 heavy (non-hydrogen) atoms. The molecule has 1 N–H and O–H groups in total. The van der Waals surface area contributed by atoms with Crippen molar-refractivity contribution in [3.63, 3.8) is 0 Å². The topological polar surface area (TPSA) is 89.5 Å². The van der Waals surface area contributed by atoms with Gasteiger partial charge in [-0.05, 0) is 47.5 Å². The molecule has 1 fully saturated rings.